The van der Waals surface area contributed by atoms with Gasteiger partial charge in [0.2, 0.25) is 0 Å². The Morgan fingerprint density at radius 2 is 2.06 bits per heavy atom. The van der Waals surface area contributed by atoms with Crippen LogP contribution in [0.4, 0.5) is 10.1 Å². The average molecular weight is 368 g/mol. The molecular formula is C11H6BrCl2FN2S. The smallest absolute Gasteiger partial charge is 0.153 e. The van der Waals surface area contributed by atoms with Crippen LogP contribution in [0.5, 0.6) is 0 Å². The van der Waals surface area contributed by atoms with Crippen LogP contribution in [-0.4, -0.2) is 4.98 Å². The fourth-order valence-corrected chi connectivity index (χ4v) is 2.65. The van der Waals surface area contributed by atoms with E-state index in [0.29, 0.717) is 20.8 Å². The molecule has 0 aliphatic rings. The quantitative estimate of drug-likeness (QED) is 0.580. The largest absolute Gasteiger partial charge is 0.323 e. The Labute approximate surface area is 126 Å². The summed E-state index contributed by atoms with van der Waals surface area (Å²) in [6, 6.07) is 5.98. The van der Waals surface area contributed by atoms with Gasteiger partial charge in [0.15, 0.2) is 5.15 Å². The summed E-state index contributed by atoms with van der Waals surface area (Å²) in [5, 5.41) is 0.690. The average Bonchev–Trinajstić information content (AvgIpc) is 2.32. The number of rotatable bonds is 3. The van der Waals surface area contributed by atoms with Gasteiger partial charge in [-0.25, -0.2) is 9.37 Å². The molecule has 2 rings (SSSR count). The van der Waals surface area contributed by atoms with Crippen LogP contribution in [0.25, 0.3) is 0 Å². The Bertz CT molecular complexity index is 583. The van der Waals surface area contributed by atoms with E-state index in [1.54, 1.807) is 18.3 Å². The number of benzene rings is 1. The molecule has 0 amide bonds. The predicted octanol–water partition coefficient (Wildman–Crippen LogP) is 5.41. The molecular weight excluding hydrogens is 362 g/mol. The Hall–Kier alpha value is -0.490. The van der Waals surface area contributed by atoms with Crippen LogP contribution in [0.1, 0.15) is 0 Å². The third kappa shape index (κ3) is 3.51. The highest BCUT2D eigenvalue weighted by molar-refractivity contribution is 9.10. The van der Waals surface area contributed by atoms with E-state index in [2.05, 4.69) is 25.6 Å². The van der Waals surface area contributed by atoms with Crippen molar-refractivity contribution in [3.63, 3.8) is 0 Å². The fraction of sp³-hybridized carbons (Fsp3) is 0. The number of aromatic nitrogens is 1. The Morgan fingerprint density at radius 3 is 2.78 bits per heavy atom. The first kappa shape index (κ1) is 13.9. The second kappa shape index (κ2) is 6.10. The summed E-state index contributed by atoms with van der Waals surface area (Å²) >= 11 is 16.4. The second-order valence-corrected chi connectivity index (χ2v) is 5.80. The molecule has 1 aromatic heterocycles. The van der Waals surface area contributed by atoms with Gasteiger partial charge in [-0.15, -0.1) is 0 Å². The lowest BCUT2D eigenvalue weighted by atomic mass is 10.3. The number of hydrogen-bond donors (Lipinski definition) is 1. The fourth-order valence-electron chi connectivity index (χ4n) is 1.16. The minimum absolute atomic E-state index is 0.339. The molecule has 0 unspecified atom stereocenters. The third-order valence-corrected chi connectivity index (χ3v) is 4.03. The molecule has 7 heteroatoms. The van der Waals surface area contributed by atoms with Gasteiger partial charge in [-0.1, -0.05) is 23.2 Å². The lowest BCUT2D eigenvalue weighted by molar-refractivity contribution is 0.626. The van der Waals surface area contributed by atoms with Gasteiger partial charge in [0.25, 0.3) is 0 Å². The maximum absolute atomic E-state index is 12.9. The number of hydrogen-bond acceptors (Lipinski definition) is 3. The van der Waals surface area contributed by atoms with E-state index in [4.69, 9.17) is 23.2 Å². The molecule has 2 aromatic rings. The minimum Gasteiger partial charge on any atom is -0.323 e. The number of pyridine rings is 1. The third-order valence-electron chi connectivity index (χ3n) is 1.97. The summed E-state index contributed by atoms with van der Waals surface area (Å²) in [4.78, 5) is 4.68. The second-order valence-electron chi connectivity index (χ2n) is 3.27. The van der Waals surface area contributed by atoms with Gasteiger partial charge in [-0.2, -0.15) is 0 Å². The Balaban J connectivity index is 2.13. The van der Waals surface area contributed by atoms with Crippen molar-refractivity contribution in [1.82, 2.24) is 4.98 Å². The molecule has 1 N–H and O–H groups in total. The first-order valence-corrected chi connectivity index (χ1v) is 7.12. The standard InChI is InChI=1S/C11H6BrCl2FN2S/c12-6-3-9(11(14)16-5-6)17-18-10-2-1-7(15)4-8(10)13/h1-5,17H. The van der Waals surface area contributed by atoms with Crippen molar-refractivity contribution in [2.24, 2.45) is 0 Å². The van der Waals surface area contributed by atoms with Gasteiger partial charge in [-0.05, 0) is 52.1 Å². The summed E-state index contributed by atoms with van der Waals surface area (Å²) in [5.41, 5.74) is 0.649. The molecule has 2 nitrogen and oxygen atoms in total. The van der Waals surface area contributed by atoms with Gasteiger partial charge in [0.05, 0.1) is 10.7 Å². The van der Waals surface area contributed by atoms with Crippen molar-refractivity contribution in [3.8, 4) is 0 Å². The van der Waals surface area contributed by atoms with Crippen LogP contribution >= 0.6 is 51.1 Å². The van der Waals surface area contributed by atoms with Crippen LogP contribution in [-0.2, 0) is 0 Å². The Morgan fingerprint density at radius 1 is 1.28 bits per heavy atom. The lowest BCUT2D eigenvalue weighted by Gasteiger charge is -2.08. The normalized spacial score (nSPS) is 10.4. The van der Waals surface area contributed by atoms with E-state index in [0.717, 1.165) is 4.47 Å². The molecule has 0 fully saturated rings. The molecule has 94 valence electrons. The van der Waals surface area contributed by atoms with Crippen LogP contribution in [0, 0.1) is 5.82 Å². The van der Waals surface area contributed by atoms with E-state index in [1.165, 1.54) is 24.1 Å². The first-order chi connectivity index (χ1) is 8.56. The molecule has 0 aliphatic heterocycles. The highest BCUT2D eigenvalue weighted by Crippen LogP contribution is 2.31. The molecule has 0 saturated heterocycles. The lowest BCUT2D eigenvalue weighted by Crippen LogP contribution is -1.90. The zero-order chi connectivity index (χ0) is 13.1. The van der Waals surface area contributed by atoms with Crippen LogP contribution in [0.15, 0.2) is 39.8 Å². The van der Waals surface area contributed by atoms with Gasteiger partial charge in [-0.3, -0.25) is 0 Å². The monoisotopic (exact) mass is 366 g/mol. The van der Waals surface area contributed by atoms with E-state index in [-0.39, 0.29) is 5.82 Å². The number of nitrogens with one attached hydrogen (secondary N) is 1. The maximum atomic E-state index is 12.9. The molecule has 0 radical (unpaired) electrons. The molecule has 0 bridgehead atoms. The molecule has 0 saturated carbocycles. The number of halogens is 4. The Kier molecular flexibility index (Phi) is 4.72. The van der Waals surface area contributed by atoms with Gasteiger partial charge < -0.3 is 4.72 Å². The summed E-state index contributed by atoms with van der Waals surface area (Å²) in [7, 11) is 0. The molecule has 0 atom stereocenters. The van der Waals surface area contributed by atoms with Crippen molar-refractivity contribution in [3.05, 3.63) is 50.9 Å². The number of anilines is 1. The summed E-state index contributed by atoms with van der Waals surface area (Å²) < 4.78 is 16.7. The minimum atomic E-state index is -0.369. The van der Waals surface area contributed by atoms with Crippen molar-refractivity contribution >= 4 is 56.8 Å². The highest BCUT2D eigenvalue weighted by Gasteiger charge is 2.06. The summed E-state index contributed by atoms with van der Waals surface area (Å²) in [5.74, 6) is -0.369. The van der Waals surface area contributed by atoms with E-state index >= 15 is 0 Å². The van der Waals surface area contributed by atoms with Crippen molar-refractivity contribution in [2.45, 2.75) is 4.90 Å². The molecule has 1 aromatic carbocycles. The molecule has 0 aliphatic carbocycles. The van der Waals surface area contributed by atoms with E-state index in [9.17, 15) is 4.39 Å². The van der Waals surface area contributed by atoms with Gasteiger partial charge in [0.1, 0.15) is 5.82 Å². The van der Waals surface area contributed by atoms with Crippen molar-refractivity contribution in [1.29, 1.82) is 0 Å². The van der Waals surface area contributed by atoms with Crippen LogP contribution < -0.4 is 4.72 Å². The van der Waals surface area contributed by atoms with Crippen LogP contribution in [0.2, 0.25) is 10.2 Å². The topological polar surface area (TPSA) is 24.9 Å². The predicted molar refractivity (Wildman–Crippen MR) is 77.8 cm³/mol. The van der Waals surface area contributed by atoms with Crippen LogP contribution in [0.3, 0.4) is 0 Å². The van der Waals surface area contributed by atoms with E-state index in [1.807, 2.05) is 0 Å². The molecule has 18 heavy (non-hydrogen) atoms. The van der Waals surface area contributed by atoms with Crippen molar-refractivity contribution < 1.29 is 4.39 Å². The highest BCUT2D eigenvalue weighted by atomic mass is 79.9. The zero-order valence-corrected chi connectivity index (χ0v) is 12.7. The maximum Gasteiger partial charge on any atom is 0.153 e. The van der Waals surface area contributed by atoms with E-state index < -0.39 is 0 Å². The number of nitrogens with zero attached hydrogens (tertiary/aromatic N) is 1. The van der Waals surface area contributed by atoms with Gasteiger partial charge >= 0.3 is 0 Å². The van der Waals surface area contributed by atoms with Gasteiger partial charge in [0, 0.05) is 15.6 Å². The summed E-state index contributed by atoms with van der Waals surface area (Å²) in [6.07, 6.45) is 1.60. The molecule has 1 heterocycles. The van der Waals surface area contributed by atoms with Crippen molar-refractivity contribution in [2.75, 3.05) is 4.72 Å². The molecule has 0 spiro atoms. The SMILES string of the molecule is Fc1ccc(SNc2cc(Br)cnc2Cl)c(Cl)c1. The zero-order valence-electron chi connectivity index (χ0n) is 8.75. The first-order valence-electron chi connectivity index (χ1n) is 4.75. The summed E-state index contributed by atoms with van der Waals surface area (Å²) in [6.45, 7) is 0.